The van der Waals surface area contributed by atoms with Gasteiger partial charge in [0.2, 0.25) is 0 Å². The van der Waals surface area contributed by atoms with Crippen molar-refractivity contribution in [3.05, 3.63) is 64.1 Å². The van der Waals surface area contributed by atoms with Gasteiger partial charge < -0.3 is 10.4 Å². The number of carbonyl (C=O) groups is 1. The summed E-state index contributed by atoms with van der Waals surface area (Å²) in [5, 5.41) is 14.7. The van der Waals surface area contributed by atoms with Gasteiger partial charge in [0, 0.05) is 28.9 Å². The third-order valence-electron chi connectivity index (χ3n) is 7.51. The fraction of sp³-hybridized carbons (Fsp3) is 0.360. The Hall–Kier alpha value is -2.40. The Balaban J connectivity index is 1.55. The van der Waals surface area contributed by atoms with Crippen LogP contribution in [0.1, 0.15) is 43.0 Å². The number of amides is 1. The average Bonchev–Trinajstić information content (AvgIpc) is 3.36. The van der Waals surface area contributed by atoms with E-state index in [9.17, 15) is 27.1 Å². The number of fused-ring (bicyclic) bond motifs is 2. The van der Waals surface area contributed by atoms with Gasteiger partial charge in [0.1, 0.15) is 5.01 Å². The highest BCUT2D eigenvalue weighted by Gasteiger charge is 2.53. The summed E-state index contributed by atoms with van der Waals surface area (Å²) in [6.45, 7) is 1.77. The number of nitrogens with zero attached hydrogens (tertiary/aromatic N) is 1. The van der Waals surface area contributed by atoms with Crippen molar-refractivity contribution in [1.82, 2.24) is 4.98 Å². The molecule has 4 atom stereocenters. The standard InChI is InChI=1S/C25H23ClF2N2O4S2/c1-25(32)13-2-3-14(25)9-16(8-13)36(33,34)22-12-17(18(11-19(22)26)24-29-6-7-35-24)23(31)30-15-4-5-20(27)21(28)10-15/h4-7,10-14,16,32H,2-3,8-9H2,1H3,(H,30,31)/t13-,14?,16-,25+/m1/s1. The van der Waals surface area contributed by atoms with E-state index >= 15 is 0 Å². The Morgan fingerprint density at radius 2 is 1.86 bits per heavy atom. The Morgan fingerprint density at radius 1 is 1.17 bits per heavy atom. The summed E-state index contributed by atoms with van der Waals surface area (Å²) >= 11 is 7.74. The second kappa shape index (κ2) is 9.16. The highest BCUT2D eigenvalue weighted by atomic mass is 35.5. The molecule has 36 heavy (non-hydrogen) atoms. The zero-order chi connectivity index (χ0) is 25.8. The number of nitrogens with one attached hydrogen (secondary N) is 1. The summed E-state index contributed by atoms with van der Waals surface area (Å²) < 4.78 is 54.5. The van der Waals surface area contributed by atoms with Crippen LogP contribution in [0.4, 0.5) is 14.5 Å². The number of hydrogen-bond donors (Lipinski definition) is 2. The second-order valence-electron chi connectivity index (χ2n) is 9.58. The van der Waals surface area contributed by atoms with Gasteiger partial charge in [-0.05, 0) is 68.7 Å². The molecule has 1 unspecified atom stereocenters. The van der Waals surface area contributed by atoms with Gasteiger partial charge in [0.15, 0.2) is 21.5 Å². The molecule has 2 aromatic carbocycles. The van der Waals surface area contributed by atoms with Crippen molar-refractivity contribution in [1.29, 1.82) is 0 Å². The SMILES string of the molecule is C[C@@]1(O)C2CC[C@@H]1C[C@@H](S(=O)(=O)c1cc(C(=O)Nc3ccc(F)c(F)c3)c(-c3nccs3)cc1Cl)C2. The first-order valence-electron chi connectivity index (χ1n) is 11.4. The molecule has 1 aromatic heterocycles. The van der Waals surface area contributed by atoms with Gasteiger partial charge >= 0.3 is 0 Å². The maximum absolute atomic E-state index is 13.7. The third kappa shape index (κ3) is 4.34. The van der Waals surface area contributed by atoms with E-state index in [2.05, 4.69) is 10.3 Å². The fourth-order valence-corrected chi connectivity index (χ4v) is 8.56. The Labute approximate surface area is 216 Å². The van der Waals surface area contributed by atoms with Crippen molar-refractivity contribution >= 4 is 44.4 Å². The van der Waals surface area contributed by atoms with Crippen LogP contribution in [-0.2, 0) is 9.84 Å². The lowest BCUT2D eigenvalue weighted by atomic mass is 9.76. The van der Waals surface area contributed by atoms with E-state index < -0.39 is 38.2 Å². The van der Waals surface area contributed by atoms with Crippen LogP contribution in [0.15, 0.2) is 46.8 Å². The first-order chi connectivity index (χ1) is 17.0. The number of aromatic nitrogens is 1. The van der Waals surface area contributed by atoms with Crippen LogP contribution < -0.4 is 5.32 Å². The molecule has 3 aromatic rings. The van der Waals surface area contributed by atoms with E-state index in [4.69, 9.17) is 11.6 Å². The smallest absolute Gasteiger partial charge is 0.256 e. The van der Waals surface area contributed by atoms with Gasteiger partial charge in [0.05, 0.1) is 26.3 Å². The first kappa shape index (κ1) is 25.3. The zero-order valence-corrected chi connectivity index (χ0v) is 21.6. The number of sulfone groups is 1. The molecular weight excluding hydrogens is 530 g/mol. The number of halogens is 3. The molecule has 11 heteroatoms. The number of thiazole rings is 1. The van der Waals surface area contributed by atoms with Crippen LogP contribution in [0.5, 0.6) is 0 Å². The van der Waals surface area contributed by atoms with Crippen molar-refractivity contribution in [3.8, 4) is 10.6 Å². The van der Waals surface area contributed by atoms with E-state index in [-0.39, 0.29) is 33.0 Å². The quantitative estimate of drug-likeness (QED) is 0.423. The molecule has 2 saturated carbocycles. The zero-order valence-electron chi connectivity index (χ0n) is 19.2. The lowest BCUT2D eigenvalue weighted by molar-refractivity contribution is -0.0413. The molecular formula is C25H23ClF2N2O4S2. The monoisotopic (exact) mass is 552 g/mol. The fourth-order valence-electron chi connectivity index (χ4n) is 5.46. The van der Waals surface area contributed by atoms with Crippen LogP contribution in [0.3, 0.4) is 0 Å². The molecule has 5 rings (SSSR count). The highest BCUT2D eigenvalue weighted by Crippen LogP contribution is 2.52. The number of benzene rings is 2. The molecule has 2 aliphatic rings. The van der Waals surface area contributed by atoms with E-state index in [0.29, 0.717) is 23.4 Å². The minimum absolute atomic E-state index is 0.00873. The molecule has 2 bridgehead atoms. The maximum atomic E-state index is 13.7. The van der Waals surface area contributed by atoms with Crippen molar-refractivity contribution < 1.29 is 27.1 Å². The summed E-state index contributed by atoms with van der Waals surface area (Å²) in [5.74, 6) is -3.15. The van der Waals surface area contributed by atoms with Crippen molar-refractivity contribution in [2.24, 2.45) is 11.8 Å². The summed E-state index contributed by atoms with van der Waals surface area (Å²) in [5.41, 5.74) is -0.571. The molecule has 2 N–H and O–H groups in total. The molecule has 190 valence electrons. The first-order valence-corrected chi connectivity index (χ1v) is 14.2. The summed E-state index contributed by atoms with van der Waals surface area (Å²) in [6, 6.07) is 5.57. The average molecular weight is 553 g/mol. The largest absolute Gasteiger partial charge is 0.390 e. The number of aliphatic hydroxyl groups is 1. The molecule has 2 aliphatic carbocycles. The summed E-state index contributed by atoms with van der Waals surface area (Å²) in [4.78, 5) is 17.3. The summed E-state index contributed by atoms with van der Waals surface area (Å²) in [7, 11) is -3.95. The van der Waals surface area contributed by atoms with Crippen LogP contribution >= 0.6 is 22.9 Å². The molecule has 2 fully saturated rings. The minimum Gasteiger partial charge on any atom is -0.390 e. The Bertz CT molecular complexity index is 1430. The van der Waals surface area contributed by atoms with Gasteiger partial charge in [-0.25, -0.2) is 22.2 Å². The predicted molar refractivity (Wildman–Crippen MR) is 134 cm³/mol. The molecule has 0 spiro atoms. The number of anilines is 1. The molecule has 0 aliphatic heterocycles. The van der Waals surface area contributed by atoms with Crippen molar-refractivity contribution in [2.75, 3.05) is 5.32 Å². The topological polar surface area (TPSA) is 96.4 Å². The van der Waals surface area contributed by atoms with Crippen molar-refractivity contribution in [2.45, 2.75) is 48.4 Å². The van der Waals surface area contributed by atoms with E-state index in [1.54, 1.807) is 18.5 Å². The lowest BCUT2D eigenvalue weighted by Crippen LogP contribution is -2.45. The predicted octanol–water partition coefficient (Wildman–Crippen LogP) is 5.71. The van der Waals surface area contributed by atoms with Gasteiger partial charge in [-0.2, -0.15) is 0 Å². The molecule has 1 amide bonds. The van der Waals surface area contributed by atoms with Crippen molar-refractivity contribution in [3.63, 3.8) is 0 Å². The van der Waals surface area contributed by atoms with E-state index in [0.717, 1.165) is 25.0 Å². The van der Waals surface area contributed by atoms with Gasteiger partial charge in [-0.1, -0.05) is 11.6 Å². The highest BCUT2D eigenvalue weighted by molar-refractivity contribution is 7.92. The van der Waals surface area contributed by atoms with E-state index in [1.165, 1.54) is 29.5 Å². The molecule has 1 heterocycles. The van der Waals surface area contributed by atoms with Crippen LogP contribution in [0.25, 0.3) is 10.6 Å². The molecule has 6 nitrogen and oxygen atoms in total. The van der Waals surface area contributed by atoms with Crippen LogP contribution in [0.2, 0.25) is 5.02 Å². The van der Waals surface area contributed by atoms with Crippen LogP contribution in [0, 0.1) is 23.5 Å². The van der Waals surface area contributed by atoms with Gasteiger partial charge in [0.25, 0.3) is 5.91 Å². The number of carbonyl (C=O) groups excluding carboxylic acids is 1. The van der Waals surface area contributed by atoms with Gasteiger partial charge in [-0.3, -0.25) is 4.79 Å². The summed E-state index contributed by atoms with van der Waals surface area (Å²) in [6.07, 6.45) is 3.70. The molecule has 0 saturated heterocycles. The minimum atomic E-state index is -3.95. The normalized spacial score (nSPS) is 25.6. The Kier molecular flexibility index (Phi) is 6.43. The maximum Gasteiger partial charge on any atom is 0.256 e. The third-order valence-corrected chi connectivity index (χ3v) is 11.0. The van der Waals surface area contributed by atoms with E-state index in [1.807, 2.05) is 0 Å². The Morgan fingerprint density at radius 3 is 2.47 bits per heavy atom. The second-order valence-corrected chi connectivity index (χ2v) is 13.1. The van der Waals surface area contributed by atoms with Gasteiger partial charge in [-0.15, -0.1) is 11.3 Å². The number of rotatable bonds is 5. The van der Waals surface area contributed by atoms with Crippen LogP contribution in [-0.4, -0.2) is 35.3 Å². The lowest BCUT2D eigenvalue weighted by Gasteiger charge is -2.40. The number of hydrogen-bond acceptors (Lipinski definition) is 6. The molecule has 0 radical (unpaired) electrons.